The van der Waals surface area contributed by atoms with Crippen molar-refractivity contribution in [3.8, 4) is 0 Å². The summed E-state index contributed by atoms with van der Waals surface area (Å²) in [6, 6.07) is 6.28. The molecule has 184 valence electrons. The normalized spacial score (nSPS) is 24.4. The molecule has 0 radical (unpaired) electrons. The van der Waals surface area contributed by atoms with Crippen molar-refractivity contribution in [3.63, 3.8) is 0 Å². The van der Waals surface area contributed by atoms with E-state index in [4.69, 9.17) is 4.74 Å². The van der Waals surface area contributed by atoms with Crippen LogP contribution in [0.1, 0.15) is 38.5 Å². The van der Waals surface area contributed by atoms with Gasteiger partial charge in [0.05, 0.1) is 36.2 Å². The maximum atomic E-state index is 13.3. The summed E-state index contributed by atoms with van der Waals surface area (Å²) in [5.41, 5.74) is 0.542. The van der Waals surface area contributed by atoms with Gasteiger partial charge >= 0.3 is 0 Å². The molecule has 9 nitrogen and oxygen atoms in total. The number of ether oxygens (including phenoxy) is 1. The first-order valence-electron chi connectivity index (χ1n) is 11.7. The summed E-state index contributed by atoms with van der Waals surface area (Å²) in [7, 11) is -6.74. The molecule has 2 heterocycles. The first kappa shape index (κ1) is 24.4. The SMILES string of the molecule is O=C(CNc1cccc(S(=O)(=O)N2CCOCC2)c1)N(C1CCCCC1)C1CCS(=O)(=O)C1. The van der Waals surface area contributed by atoms with E-state index >= 15 is 0 Å². The zero-order valence-electron chi connectivity index (χ0n) is 18.8. The minimum Gasteiger partial charge on any atom is -0.379 e. The van der Waals surface area contributed by atoms with Gasteiger partial charge in [-0.1, -0.05) is 25.3 Å². The molecule has 1 aliphatic carbocycles. The van der Waals surface area contributed by atoms with Gasteiger partial charge in [-0.05, 0) is 37.5 Å². The van der Waals surface area contributed by atoms with Crippen molar-refractivity contribution in [2.45, 2.75) is 55.5 Å². The van der Waals surface area contributed by atoms with Crippen LogP contribution in [0.25, 0.3) is 0 Å². The van der Waals surface area contributed by atoms with Crippen LogP contribution in [0.5, 0.6) is 0 Å². The van der Waals surface area contributed by atoms with Crippen LogP contribution in [0.15, 0.2) is 29.2 Å². The van der Waals surface area contributed by atoms with Gasteiger partial charge in [0.15, 0.2) is 9.84 Å². The third-order valence-corrected chi connectivity index (χ3v) is 10.4. The second kappa shape index (κ2) is 10.3. The molecule has 1 unspecified atom stereocenters. The molecule has 11 heteroatoms. The fourth-order valence-electron chi connectivity index (χ4n) is 5.03. The fourth-order valence-corrected chi connectivity index (χ4v) is 8.20. The number of morpholine rings is 1. The molecule has 2 aliphatic heterocycles. The van der Waals surface area contributed by atoms with Crippen molar-refractivity contribution in [2.24, 2.45) is 0 Å². The lowest BCUT2D eigenvalue weighted by atomic mass is 9.93. The van der Waals surface area contributed by atoms with Crippen molar-refractivity contribution in [1.29, 1.82) is 0 Å². The van der Waals surface area contributed by atoms with E-state index in [-0.39, 0.29) is 40.9 Å². The molecule has 0 bridgehead atoms. The fraction of sp³-hybridized carbons (Fsp3) is 0.682. The van der Waals surface area contributed by atoms with Crippen LogP contribution in [0, 0.1) is 0 Å². The molecule has 1 N–H and O–H groups in total. The molecule has 3 fully saturated rings. The van der Waals surface area contributed by atoms with Crippen LogP contribution in [-0.4, -0.2) is 88.4 Å². The zero-order valence-corrected chi connectivity index (χ0v) is 20.4. The molecule has 0 spiro atoms. The van der Waals surface area contributed by atoms with Gasteiger partial charge < -0.3 is 15.0 Å². The lowest BCUT2D eigenvalue weighted by Gasteiger charge is -2.38. The minimum absolute atomic E-state index is 0.00585. The van der Waals surface area contributed by atoms with Crippen LogP contribution >= 0.6 is 0 Å². The van der Waals surface area contributed by atoms with E-state index in [9.17, 15) is 21.6 Å². The third-order valence-electron chi connectivity index (χ3n) is 6.74. The van der Waals surface area contributed by atoms with Crippen LogP contribution < -0.4 is 5.32 Å². The number of hydrogen-bond donors (Lipinski definition) is 1. The molecular formula is C22H33N3O6S2. The largest absolute Gasteiger partial charge is 0.379 e. The Bertz CT molecular complexity index is 1050. The van der Waals surface area contributed by atoms with Gasteiger partial charge in [0.2, 0.25) is 15.9 Å². The number of carbonyl (C=O) groups excluding carboxylic acids is 1. The molecular weight excluding hydrogens is 466 g/mol. The number of amides is 1. The van der Waals surface area contributed by atoms with Crippen molar-refractivity contribution >= 4 is 31.5 Å². The van der Waals surface area contributed by atoms with Crippen molar-refractivity contribution < 1.29 is 26.4 Å². The smallest absolute Gasteiger partial charge is 0.243 e. The number of benzene rings is 1. The van der Waals surface area contributed by atoms with E-state index in [0.717, 1.165) is 32.1 Å². The second-order valence-electron chi connectivity index (χ2n) is 9.05. The molecule has 1 saturated carbocycles. The molecule has 4 rings (SSSR count). The summed E-state index contributed by atoms with van der Waals surface area (Å²) in [6.45, 7) is 1.38. The summed E-state index contributed by atoms with van der Waals surface area (Å²) in [5.74, 6) is 0.0244. The Morgan fingerprint density at radius 1 is 1.09 bits per heavy atom. The average Bonchev–Trinajstić information content (AvgIpc) is 3.18. The first-order valence-corrected chi connectivity index (χ1v) is 15.0. The molecule has 1 atom stereocenters. The lowest BCUT2D eigenvalue weighted by Crippen LogP contribution is -2.50. The molecule has 1 aromatic rings. The Morgan fingerprint density at radius 2 is 1.82 bits per heavy atom. The number of nitrogens with one attached hydrogen (secondary N) is 1. The summed E-state index contributed by atoms with van der Waals surface area (Å²) in [6.07, 6.45) is 5.51. The van der Waals surface area contributed by atoms with Crippen LogP contribution in [0.4, 0.5) is 5.69 Å². The molecule has 1 aromatic carbocycles. The Morgan fingerprint density at radius 3 is 2.48 bits per heavy atom. The first-order chi connectivity index (χ1) is 15.8. The zero-order chi connectivity index (χ0) is 23.5. The molecule has 3 aliphatic rings. The molecule has 33 heavy (non-hydrogen) atoms. The van der Waals surface area contributed by atoms with Crippen molar-refractivity contribution in [3.05, 3.63) is 24.3 Å². The Kier molecular flexibility index (Phi) is 7.62. The van der Waals surface area contributed by atoms with E-state index in [1.165, 1.54) is 4.31 Å². The Balaban J connectivity index is 1.45. The predicted octanol–water partition coefficient (Wildman–Crippen LogP) is 1.47. The molecule has 2 saturated heterocycles. The quantitative estimate of drug-likeness (QED) is 0.604. The van der Waals surface area contributed by atoms with Gasteiger partial charge in [0.25, 0.3) is 0 Å². The summed E-state index contributed by atoms with van der Waals surface area (Å²) < 4.78 is 56.7. The van der Waals surface area contributed by atoms with Gasteiger partial charge in [-0.2, -0.15) is 4.31 Å². The van der Waals surface area contributed by atoms with Gasteiger partial charge in [-0.3, -0.25) is 4.79 Å². The number of sulfone groups is 1. The van der Waals surface area contributed by atoms with Crippen molar-refractivity contribution in [2.75, 3.05) is 49.7 Å². The summed E-state index contributed by atoms with van der Waals surface area (Å²) in [4.78, 5) is 15.3. The summed E-state index contributed by atoms with van der Waals surface area (Å²) >= 11 is 0. The summed E-state index contributed by atoms with van der Waals surface area (Å²) in [5, 5.41) is 3.08. The molecule has 1 amide bonds. The third kappa shape index (κ3) is 5.87. The standard InChI is InChI=1S/C22H33N3O6S2/c26-22(25(19-6-2-1-3-7-19)20-9-14-32(27,28)17-20)16-23-18-5-4-8-21(15-18)33(29,30)24-10-12-31-13-11-24/h4-5,8,15,19-20,23H,1-3,6-7,9-14,16-17H2. The van der Waals surface area contributed by atoms with Crippen molar-refractivity contribution in [1.82, 2.24) is 9.21 Å². The number of hydrogen-bond acceptors (Lipinski definition) is 7. The average molecular weight is 500 g/mol. The predicted molar refractivity (Wildman–Crippen MR) is 125 cm³/mol. The van der Waals surface area contributed by atoms with E-state index in [2.05, 4.69) is 5.32 Å². The highest BCUT2D eigenvalue weighted by Crippen LogP contribution is 2.29. The second-order valence-corrected chi connectivity index (χ2v) is 13.2. The lowest BCUT2D eigenvalue weighted by molar-refractivity contribution is -0.134. The Labute approximate surface area is 196 Å². The van der Waals surface area contributed by atoms with Crippen LogP contribution in [0.3, 0.4) is 0 Å². The van der Waals surface area contributed by atoms with Crippen LogP contribution in [-0.2, 0) is 29.4 Å². The van der Waals surface area contributed by atoms with Gasteiger partial charge in [-0.15, -0.1) is 0 Å². The number of nitrogens with zero attached hydrogens (tertiary/aromatic N) is 2. The van der Waals surface area contributed by atoms with Crippen LogP contribution in [0.2, 0.25) is 0 Å². The highest BCUT2D eigenvalue weighted by molar-refractivity contribution is 7.91. The number of rotatable bonds is 7. The highest BCUT2D eigenvalue weighted by Gasteiger charge is 2.38. The molecule has 0 aromatic heterocycles. The number of sulfonamides is 1. The topological polar surface area (TPSA) is 113 Å². The van der Waals surface area contributed by atoms with Gasteiger partial charge in [-0.25, -0.2) is 16.8 Å². The maximum Gasteiger partial charge on any atom is 0.243 e. The number of carbonyl (C=O) groups is 1. The van der Waals surface area contributed by atoms with E-state index in [1.54, 1.807) is 24.3 Å². The van der Waals surface area contributed by atoms with E-state index < -0.39 is 19.9 Å². The Hall–Kier alpha value is -1.69. The highest BCUT2D eigenvalue weighted by atomic mass is 32.2. The monoisotopic (exact) mass is 499 g/mol. The van der Waals surface area contributed by atoms with E-state index in [0.29, 0.717) is 38.4 Å². The number of anilines is 1. The van der Waals surface area contributed by atoms with Gasteiger partial charge in [0.1, 0.15) is 0 Å². The van der Waals surface area contributed by atoms with E-state index in [1.807, 2.05) is 4.90 Å². The maximum absolute atomic E-state index is 13.3. The van der Waals surface area contributed by atoms with Gasteiger partial charge in [0, 0.05) is 30.9 Å². The minimum atomic E-state index is -3.63.